The number of hydrazine groups is 1. The van der Waals surface area contributed by atoms with Crippen molar-refractivity contribution in [2.75, 3.05) is 26.4 Å². The first-order chi connectivity index (χ1) is 55.1. The molecular weight excluding hydrogens is 1590 g/mol. The molecule has 12 aromatic heterocycles. The van der Waals surface area contributed by atoms with E-state index >= 15 is 0 Å². The van der Waals surface area contributed by atoms with Crippen LogP contribution in [0.4, 0.5) is 22.0 Å². The molecular formula is C73H66ClF5N20O13S3. The molecule has 12 aromatic rings. The molecule has 8 N–H and O–H groups in total. The van der Waals surface area contributed by atoms with Crippen LogP contribution in [0.3, 0.4) is 0 Å². The predicted octanol–water partition coefficient (Wildman–Crippen LogP) is 9.54. The van der Waals surface area contributed by atoms with Crippen LogP contribution in [0.5, 0.6) is 0 Å². The fourth-order valence-corrected chi connectivity index (χ4v) is 10.9. The predicted molar refractivity (Wildman–Crippen MR) is 407 cm³/mol. The van der Waals surface area contributed by atoms with E-state index in [-0.39, 0.29) is 90.8 Å². The van der Waals surface area contributed by atoms with Crippen LogP contribution in [-0.4, -0.2) is 160 Å². The standard InChI is InChI=1S/C21H17FN6OS.C13H15N3.C11H11FN2O4.C10H8FN3O2S.C8H4FN3O2S.C6H6FN3O.C4H5ClO3/c1-12-8-14(10-25-17(12)15-5-7-23-13(2)9-15)11-26-19(29)21-28-27-20(30-21)18-16(22)4-3-6-24-18;1-9-5-11(7-14)8-16-13(9)12-3-4-15-10(2)6-12;1-2-18-11(17)10(16)14-6-8(15)9-7(12)4-3-5-13-9;1-2-16-10(15)9-14-13-8(17-9)7-6(11)4-3-5-12-7;9-4-2-1-3-10-5(4)6-11-12-7(15-6)8(13)14;7-4-2-1-3-9-5(4)6(11)10-8;1-2-8-4(7)3(5)6/h3-10H,11H2,1-2H3,(H,26,29);3-6,8H,7,14H2,1-2H3;3-5H,2,6H2,1H3,(H,14,16);3-5H,2H2,1H3;1-3H,(H,13,14);1-3H,8H2,(H,10,11);2H2,1H3. The van der Waals surface area contributed by atoms with Crippen LogP contribution in [0.25, 0.3) is 54.6 Å². The summed E-state index contributed by atoms with van der Waals surface area (Å²) in [5, 5.41) is 35.1. The Labute approximate surface area is 666 Å². The number of hydrogen-bond acceptors (Lipinski definition) is 32. The van der Waals surface area contributed by atoms with Gasteiger partial charge in [-0.3, -0.25) is 64.3 Å². The van der Waals surface area contributed by atoms with Crippen molar-refractivity contribution in [2.45, 2.75) is 61.6 Å². The van der Waals surface area contributed by atoms with E-state index in [1.54, 1.807) is 38.6 Å². The molecule has 0 atom stereocenters. The number of ether oxygens (including phenoxy) is 3. The molecule has 33 nitrogen and oxygen atoms in total. The number of aromatic carboxylic acids is 1. The fourth-order valence-electron chi connectivity index (χ4n) is 8.67. The van der Waals surface area contributed by atoms with Gasteiger partial charge in [0.05, 0.1) is 37.8 Å². The van der Waals surface area contributed by atoms with Crippen LogP contribution in [0.15, 0.2) is 153 Å². The summed E-state index contributed by atoms with van der Waals surface area (Å²) in [5.74, 6) is -5.00. The fraction of sp³-hybridized carbons (Fsp3) is 0.178. The number of carbonyl (C=O) groups excluding carboxylic acids is 8. The molecule has 0 fully saturated rings. The van der Waals surface area contributed by atoms with Crippen LogP contribution < -0.4 is 27.6 Å². The number of hydrogen-bond donors (Lipinski definition) is 6. The average molecular weight is 1660 g/mol. The van der Waals surface area contributed by atoms with Crippen LogP contribution in [-0.2, 0) is 46.5 Å². The lowest BCUT2D eigenvalue weighted by Gasteiger charge is -2.09. The normalized spacial score (nSPS) is 10.1. The first-order valence-corrected chi connectivity index (χ1v) is 36.0. The topological polar surface area (TPSA) is 483 Å². The molecule has 115 heavy (non-hydrogen) atoms. The molecule has 0 saturated heterocycles. The molecule has 3 amide bonds. The van der Waals surface area contributed by atoms with Gasteiger partial charge in [-0.15, -0.1) is 30.6 Å². The van der Waals surface area contributed by atoms with Crippen molar-refractivity contribution < 1.29 is 84.4 Å². The molecule has 0 aromatic carbocycles. The third-order valence-corrected chi connectivity index (χ3v) is 16.6. The van der Waals surface area contributed by atoms with Gasteiger partial charge >= 0.3 is 35.0 Å². The average Bonchev–Trinajstić information content (AvgIpc) is 1.74. The minimum Gasteiger partial charge on any atom is -0.476 e. The maximum atomic E-state index is 13.8. The molecule has 0 radical (unpaired) electrons. The van der Waals surface area contributed by atoms with E-state index < -0.39 is 82.3 Å². The van der Waals surface area contributed by atoms with Gasteiger partial charge in [0.15, 0.2) is 49.8 Å². The quantitative estimate of drug-likeness (QED) is 0.00504. The van der Waals surface area contributed by atoms with Gasteiger partial charge in [0.1, 0.15) is 22.8 Å². The number of nitrogens with zero attached hydrogens (tertiary/aromatic N) is 15. The lowest BCUT2D eigenvalue weighted by molar-refractivity contribution is -0.154. The second kappa shape index (κ2) is 46.4. The maximum absolute atomic E-state index is 13.8. The molecule has 12 heterocycles. The Kier molecular flexibility index (Phi) is 36.5. The summed E-state index contributed by atoms with van der Waals surface area (Å²) in [6.45, 7) is 13.5. The number of esters is 3. The Hall–Kier alpha value is -13.5. The van der Waals surface area contributed by atoms with Crippen LogP contribution >= 0.6 is 45.6 Å². The number of halogens is 6. The van der Waals surface area contributed by atoms with Gasteiger partial charge < -0.3 is 35.7 Å². The number of ketones is 1. The van der Waals surface area contributed by atoms with E-state index in [0.29, 0.717) is 6.54 Å². The first-order valence-electron chi connectivity index (χ1n) is 33.2. The SMILES string of the molecule is CCOC(=O)C(=O)Cl.CCOC(=O)C(=O)NCC(=O)c1ncccc1F.CCOC(=O)c1nnc(-c2ncccc2F)s1.Cc1cc(-c2ncc(CN)cc2C)ccn1.Cc1cc(-c2ncc(CNC(=O)c3nnc(-c4ncccc4F)s3)cc2C)ccn1.NNC(=O)c1ncccc1F.O=C(O)c1nnc(-c2ncccc2F)s1. The first kappa shape index (κ1) is 90.4. The summed E-state index contributed by atoms with van der Waals surface area (Å²) < 4.78 is 79.6. The van der Waals surface area contributed by atoms with Crippen LogP contribution in [0.1, 0.15) is 105 Å². The molecule has 596 valence electrons. The molecule has 0 spiro atoms. The summed E-state index contributed by atoms with van der Waals surface area (Å²) in [4.78, 5) is 134. The monoisotopic (exact) mass is 1660 g/mol. The number of carboxylic acids is 1. The lowest BCUT2D eigenvalue weighted by Crippen LogP contribution is -2.36. The third-order valence-electron chi connectivity index (χ3n) is 13.7. The molecule has 0 aliphatic carbocycles. The van der Waals surface area contributed by atoms with Crippen molar-refractivity contribution in [2.24, 2.45) is 11.6 Å². The van der Waals surface area contributed by atoms with Crippen molar-refractivity contribution in [3.63, 3.8) is 0 Å². The van der Waals surface area contributed by atoms with Crippen molar-refractivity contribution in [3.8, 4) is 54.6 Å². The number of nitrogens with two attached hydrogens (primary N) is 2. The number of carboxylic acid groups (broad SMARTS) is 1. The summed E-state index contributed by atoms with van der Waals surface area (Å²) in [5.41, 5.74) is 16.8. The number of carbonyl (C=O) groups is 9. The Morgan fingerprint density at radius 3 is 1.29 bits per heavy atom. The maximum Gasteiger partial charge on any atom is 0.396 e. The zero-order valence-electron chi connectivity index (χ0n) is 61.4. The van der Waals surface area contributed by atoms with Gasteiger partial charge in [-0.2, -0.15) is 0 Å². The summed E-state index contributed by atoms with van der Waals surface area (Å²) in [6.07, 6.45) is 14.0. The number of aryl methyl sites for hydroxylation is 4. The number of nitrogen functional groups attached to an aromatic ring is 1. The van der Waals surface area contributed by atoms with E-state index in [4.69, 9.17) is 33.0 Å². The Morgan fingerprint density at radius 2 is 0.878 bits per heavy atom. The highest BCUT2D eigenvalue weighted by atomic mass is 35.5. The van der Waals surface area contributed by atoms with Gasteiger partial charge in [0.25, 0.3) is 11.8 Å². The Bertz CT molecular complexity index is 5380. The zero-order valence-corrected chi connectivity index (χ0v) is 64.6. The highest BCUT2D eigenvalue weighted by Gasteiger charge is 2.22. The highest BCUT2D eigenvalue weighted by Crippen LogP contribution is 2.28. The van der Waals surface area contributed by atoms with Crippen LogP contribution in [0.2, 0.25) is 0 Å². The highest BCUT2D eigenvalue weighted by molar-refractivity contribution is 7.17. The molecule has 0 aliphatic heterocycles. The molecule has 0 aliphatic rings. The van der Waals surface area contributed by atoms with Crippen molar-refractivity contribution in [1.82, 2.24) is 91.5 Å². The number of nitrogens with one attached hydrogen (secondary N) is 3. The minimum atomic E-state index is -1.19. The van der Waals surface area contributed by atoms with E-state index in [9.17, 15) is 65.1 Å². The Morgan fingerprint density at radius 1 is 0.461 bits per heavy atom. The second-order valence-electron chi connectivity index (χ2n) is 22.0. The minimum absolute atomic E-state index is 0.0162. The number of pyridine rings is 9. The van der Waals surface area contributed by atoms with E-state index in [1.807, 2.05) is 68.8 Å². The van der Waals surface area contributed by atoms with Crippen molar-refractivity contribution in [3.05, 3.63) is 242 Å². The van der Waals surface area contributed by atoms with Gasteiger partial charge in [-0.25, -0.2) is 56.9 Å². The van der Waals surface area contributed by atoms with Crippen molar-refractivity contribution in [1.29, 1.82) is 0 Å². The zero-order chi connectivity index (χ0) is 84.1. The lowest BCUT2D eigenvalue weighted by atomic mass is 10.1. The van der Waals surface area contributed by atoms with E-state index in [2.05, 4.69) is 103 Å². The van der Waals surface area contributed by atoms with Gasteiger partial charge in [0, 0.05) is 91.4 Å². The third kappa shape index (κ3) is 28.3. The number of amides is 3. The molecule has 0 saturated carbocycles. The number of aromatic nitrogens is 15. The van der Waals surface area contributed by atoms with Gasteiger partial charge in [-0.05, 0) is 167 Å². The largest absolute Gasteiger partial charge is 0.476 e. The number of Topliss-reactive ketones (excluding diaryl/α,β-unsaturated/α-hetero) is 1. The second-order valence-corrected chi connectivity index (χ2v) is 25.3. The summed E-state index contributed by atoms with van der Waals surface area (Å²) in [6, 6.07) is 25.1. The number of rotatable bonds is 19. The molecule has 42 heteroatoms. The smallest absolute Gasteiger partial charge is 0.396 e. The summed E-state index contributed by atoms with van der Waals surface area (Å²) >= 11 is 7.42. The molecule has 0 unspecified atom stereocenters. The molecule has 12 rings (SSSR count). The van der Waals surface area contributed by atoms with Gasteiger partial charge in [0.2, 0.25) is 20.8 Å². The van der Waals surface area contributed by atoms with Gasteiger partial charge in [-0.1, -0.05) is 46.1 Å². The van der Waals surface area contributed by atoms with Crippen molar-refractivity contribution >= 4 is 98.2 Å². The van der Waals surface area contributed by atoms with E-state index in [1.165, 1.54) is 79.5 Å². The van der Waals surface area contributed by atoms with E-state index in [0.717, 1.165) is 102 Å². The Balaban J connectivity index is 0.000000216. The molecule has 0 bridgehead atoms. The van der Waals surface area contributed by atoms with Crippen LogP contribution in [0, 0.1) is 56.8 Å². The summed E-state index contributed by atoms with van der Waals surface area (Å²) in [7, 11) is 0.